The van der Waals surface area contributed by atoms with E-state index in [-0.39, 0.29) is 23.8 Å². The van der Waals surface area contributed by atoms with Gasteiger partial charge in [-0.25, -0.2) is 9.78 Å². The molecule has 2 aliphatic rings. The number of imidazole rings is 1. The Morgan fingerprint density at radius 3 is 2.66 bits per heavy atom. The van der Waals surface area contributed by atoms with Crippen LogP contribution in [0.15, 0.2) is 30.3 Å². The molecule has 0 bridgehead atoms. The number of aliphatic hydroxyl groups is 1. The summed E-state index contributed by atoms with van der Waals surface area (Å²) >= 11 is 6.34. The topological polar surface area (TPSA) is 93.9 Å². The number of methoxy groups -OCH3 is 2. The van der Waals surface area contributed by atoms with Gasteiger partial charge in [0, 0.05) is 28.6 Å². The van der Waals surface area contributed by atoms with Gasteiger partial charge in [0.25, 0.3) is 0 Å². The summed E-state index contributed by atoms with van der Waals surface area (Å²) in [6.45, 7) is 3.67. The Balaban J connectivity index is 1.70. The number of aromatic nitrogens is 2. The van der Waals surface area contributed by atoms with Crippen LogP contribution in [0.1, 0.15) is 75.0 Å². The highest BCUT2D eigenvalue weighted by Gasteiger charge is 2.35. The lowest BCUT2D eigenvalue weighted by Gasteiger charge is -2.34. The van der Waals surface area contributed by atoms with Crippen molar-refractivity contribution in [1.82, 2.24) is 9.55 Å². The minimum Gasteiger partial charge on any atom is -0.497 e. The molecule has 5 rings (SSSR count). The van der Waals surface area contributed by atoms with E-state index in [0.717, 1.165) is 54.4 Å². The number of nitrogens with zero attached hydrogens (tertiary/aromatic N) is 3. The summed E-state index contributed by atoms with van der Waals surface area (Å²) in [5.41, 5.74) is 3.96. The highest BCUT2D eigenvalue weighted by atomic mass is 35.5. The molecule has 2 aromatic carbocycles. The van der Waals surface area contributed by atoms with E-state index >= 15 is 0 Å². The maximum absolute atomic E-state index is 12.7. The lowest BCUT2D eigenvalue weighted by atomic mass is 9.83. The van der Waals surface area contributed by atoms with Crippen molar-refractivity contribution in [2.45, 2.75) is 70.6 Å². The normalized spacial score (nSPS) is 22.2. The summed E-state index contributed by atoms with van der Waals surface area (Å²) in [7, 11) is 2.94. The fourth-order valence-electron chi connectivity index (χ4n) is 6.15. The Hall–Kier alpha value is -3.10. The van der Waals surface area contributed by atoms with Crippen molar-refractivity contribution in [3.05, 3.63) is 52.3 Å². The Labute approximate surface area is 227 Å². The van der Waals surface area contributed by atoms with Crippen LogP contribution in [0, 0.1) is 5.92 Å². The summed E-state index contributed by atoms with van der Waals surface area (Å²) in [6, 6.07) is 9.09. The lowest BCUT2D eigenvalue weighted by Crippen LogP contribution is -2.42. The smallest absolute Gasteiger partial charge is 0.414 e. The molecule has 1 aliphatic carbocycles. The molecular formula is C29H34ClN3O5. The van der Waals surface area contributed by atoms with E-state index in [0.29, 0.717) is 28.6 Å². The van der Waals surface area contributed by atoms with E-state index in [2.05, 4.69) is 4.57 Å². The van der Waals surface area contributed by atoms with E-state index in [4.69, 9.17) is 26.1 Å². The predicted octanol–water partition coefficient (Wildman–Crippen LogP) is 6.01. The number of Topliss-reactive ketones (excluding diaryl/α,β-unsaturated/α-hetero) is 1. The molecule has 1 aliphatic heterocycles. The van der Waals surface area contributed by atoms with Crippen molar-refractivity contribution in [3.63, 3.8) is 0 Å². The van der Waals surface area contributed by atoms with Gasteiger partial charge in [-0.05, 0) is 81.8 Å². The fraction of sp³-hybridized carbons (Fsp3) is 0.483. The van der Waals surface area contributed by atoms with Crippen molar-refractivity contribution in [1.29, 1.82) is 0 Å². The molecule has 8 nitrogen and oxygen atoms in total. The molecule has 1 amide bonds. The molecule has 4 atom stereocenters. The number of ether oxygens (including phenoxy) is 2. The average molecular weight is 540 g/mol. The van der Waals surface area contributed by atoms with Crippen LogP contribution in [0.2, 0.25) is 5.02 Å². The van der Waals surface area contributed by atoms with E-state index in [1.165, 1.54) is 7.11 Å². The molecule has 202 valence electrons. The van der Waals surface area contributed by atoms with Gasteiger partial charge in [0.1, 0.15) is 23.5 Å². The van der Waals surface area contributed by atoms with Crippen LogP contribution < -0.4 is 9.64 Å². The number of anilines is 1. The van der Waals surface area contributed by atoms with E-state index < -0.39 is 12.2 Å². The fourth-order valence-corrected chi connectivity index (χ4v) is 6.38. The molecule has 1 aromatic heterocycles. The quantitative estimate of drug-likeness (QED) is 0.427. The summed E-state index contributed by atoms with van der Waals surface area (Å²) in [5.74, 6) is 1.22. The van der Waals surface area contributed by atoms with Crippen LogP contribution in [-0.2, 0) is 16.0 Å². The van der Waals surface area contributed by atoms with Crippen LogP contribution in [0.4, 0.5) is 10.5 Å². The van der Waals surface area contributed by atoms with Gasteiger partial charge in [-0.15, -0.1) is 0 Å². The number of hydrogen-bond acceptors (Lipinski definition) is 6. The van der Waals surface area contributed by atoms with Crippen molar-refractivity contribution in [3.8, 4) is 5.75 Å². The summed E-state index contributed by atoms with van der Waals surface area (Å²) in [6.07, 6.45) is 3.43. The Morgan fingerprint density at radius 1 is 1.16 bits per heavy atom. The zero-order chi connectivity index (χ0) is 27.1. The first-order chi connectivity index (χ1) is 18.2. The summed E-state index contributed by atoms with van der Waals surface area (Å²) in [5, 5.41) is 12.2. The molecule has 38 heavy (non-hydrogen) atoms. The van der Waals surface area contributed by atoms with Crippen molar-refractivity contribution in [2.24, 2.45) is 5.92 Å². The largest absolute Gasteiger partial charge is 0.497 e. The first kappa shape index (κ1) is 26.5. The van der Waals surface area contributed by atoms with Gasteiger partial charge >= 0.3 is 6.09 Å². The minimum atomic E-state index is -1.07. The Morgan fingerprint density at radius 2 is 1.95 bits per heavy atom. The molecule has 0 radical (unpaired) electrons. The Kier molecular flexibility index (Phi) is 7.38. The molecule has 2 heterocycles. The number of carbonyl (C=O) groups excluding carboxylic acids is 2. The highest BCUT2D eigenvalue weighted by molar-refractivity contribution is 6.30. The molecular weight excluding hydrogens is 506 g/mol. The SMILES string of the molecule is COC(=O)N1c2ccc3c(nc([C@@H](O)c4cc(Cl)cc(OC)c4)n3[C@@H]3CCC[C@@H](C(C)=O)C3)c2CC[C@@H]1C. The van der Waals surface area contributed by atoms with Crippen LogP contribution in [-0.4, -0.2) is 46.8 Å². The molecule has 0 saturated heterocycles. The Bertz CT molecular complexity index is 1390. The number of fused-ring (bicyclic) bond motifs is 3. The number of aryl methyl sites for hydroxylation is 1. The van der Waals surface area contributed by atoms with Gasteiger partial charge in [-0.3, -0.25) is 9.69 Å². The number of rotatable bonds is 5. The number of hydrogen-bond donors (Lipinski definition) is 1. The van der Waals surface area contributed by atoms with E-state index in [9.17, 15) is 14.7 Å². The van der Waals surface area contributed by atoms with Crippen molar-refractivity contribution >= 4 is 40.2 Å². The second-order valence-corrected chi connectivity index (χ2v) is 10.9. The molecule has 3 aromatic rings. The highest BCUT2D eigenvalue weighted by Crippen LogP contribution is 2.42. The number of halogens is 1. The molecule has 1 fully saturated rings. The average Bonchev–Trinajstić information content (AvgIpc) is 3.31. The van der Waals surface area contributed by atoms with Crippen LogP contribution >= 0.6 is 11.6 Å². The molecule has 1 N–H and O–H groups in total. The van der Waals surface area contributed by atoms with Crippen LogP contribution in [0.25, 0.3) is 11.0 Å². The summed E-state index contributed by atoms with van der Waals surface area (Å²) < 4.78 is 12.6. The van der Waals surface area contributed by atoms with Crippen molar-refractivity contribution in [2.75, 3.05) is 19.1 Å². The minimum absolute atomic E-state index is 0.00524. The third-order valence-corrected chi connectivity index (χ3v) is 8.35. The molecule has 0 unspecified atom stereocenters. The second-order valence-electron chi connectivity index (χ2n) is 10.5. The van der Waals surface area contributed by atoms with Gasteiger partial charge in [-0.1, -0.05) is 18.0 Å². The molecule has 1 saturated carbocycles. The third-order valence-electron chi connectivity index (χ3n) is 8.13. The first-order valence-corrected chi connectivity index (χ1v) is 13.5. The van der Waals surface area contributed by atoms with E-state index in [1.807, 2.05) is 19.1 Å². The van der Waals surface area contributed by atoms with Gasteiger partial charge in [0.05, 0.1) is 30.9 Å². The van der Waals surface area contributed by atoms with Crippen molar-refractivity contribution < 1.29 is 24.2 Å². The van der Waals surface area contributed by atoms with Gasteiger partial charge in [0.15, 0.2) is 0 Å². The molecule has 0 spiro atoms. The maximum Gasteiger partial charge on any atom is 0.414 e. The zero-order valence-electron chi connectivity index (χ0n) is 22.2. The van der Waals surface area contributed by atoms with E-state index in [1.54, 1.807) is 37.1 Å². The number of benzene rings is 2. The lowest BCUT2D eigenvalue weighted by molar-refractivity contribution is -0.122. The van der Waals surface area contributed by atoms with Gasteiger partial charge in [0.2, 0.25) is 0 Å². The zero-order valence-corrected chi connectivity index (χ0v) is 23.0. The monoisotopic (exact) mass is 539 g/mol. The van der Waals surface area contributed by atoms with Crippen LogP contribution in [0.3, 0.4) is 0 Å². The predicted molar refractivity (Wildman–Crippen MR) is 146 cm³/mol. The maximum atomic E-state index is 12.7. The summed E-state index contributed by atoms with van der Waals surface area (Å²) in [4.78, 5) is 31.7. The third kappa shape index (κ3) is 4.64. The van der Waals surface area contributed by atoms with Crippen LogP contribution in [0.5, 0.6) is 5.75 Å². The number of amides is 1. The standard InChI is InChI=1S/C29H34ClN3O5/c1-16-8-9-23-24(32(16)29(36)38-4)10-11-25-26(23)31-28(27(35)19-12-20(30)15-22(14-19)37-3)33(25)21-7-5-6-18(13-21)17(2)34/h10-12,14-16,18,21,27,35H,5-9,13H2,1-4H3/t16-,18+,21+,27-/m0/s1. The second kappa shape index (κ2) is 10.6. The first-order valence-electron chi connectivity index (χ1n) is 13.2. The molecule has 9 heteroatoms. The van der Waals surface area contributed by atoms with Gasteiger partial charge in [-0.2, -0.15) is 0 Å². The number of carbonyl (C=O) groups is 2. The number of ketones is 1. The number of aliphatic hydroxyl groups excluding tert-OH is 1. The van der Waals surface area contributed by atoms with Gasteiger partial charge < -0.3 is 19.1 Å².